The summed E-state index contributed by atoms with van der Waals surface area (Å²) in [7, 11) is 1.71. The Balaban J connectivity index is 2.06. The van der Waals surface area contributed by atoms with Crippen molar-refractivity contribution in [3.8, 4) is 16.9 Å². The van der Waals surface area contributed by atoms with E-state index in [0.29, 0.717) is 0 Å². The maximum absolute atomic E-state index is 9.88. The molecule has 2 aromatic rings. The van der Waals surface area contributed by atoms with Crippen molar-refractivity contribution in [1.29, 1.82) is 0 Å². The van der Waals surface area contributed by atoms with Crippen molar-refractivity contribution < 1.29 is 9.84 Å². The molecule has 0 aliphatic heterocycles. The van der Waals surface area contributed by atoms with Crippen LogP contribution in [0.25, 0.3) is 11.1 Å². The maximum Gasteiger partial charge on any atom is 0.124 e. The molecule has 0 amide bonds. The van der Waals surface area contributed by atoms with E-state index in [2.05, 4.69) is 44.2 Å². The fraction of sp³-hybridized carbons (Fsp3) is 0.333. The van der Waals surface area contributed by atoms with Crippen molar-refractivity contribution in [3.05, 3.63) is 52.6 Å². The molecule has 2 nitrogen and oxygen atoms in total. The van der Waals surface area contributed by atoms with E-state index in [1.165, 1.54) is 16.7 Å². The molecule has 20 heavy (non-hydrogen) atoms. The summed E-state index contributed by atoms with van der Waals surface area (Å²) in [6, 6.07) is 10.7. The number of aryl methyl sites for hydroxylation is 3. The first-order chi connectivity index (χ1) is 9.60. The van der Waals surface area contributed by atoms with Crippen molar-refractivity contribution >= 4 is 0 Å². The second kappa shape index (κ2) is 4.95. The normalized spacial score (nSPS) is 17.1. The third kappa shape index (κ3) is 2.10. The van der Waals surface area contributed by atoms with Gasteiger partial charge in [-0.1, -0.05) is 18.2 Å². The molecule has 0 radical (unpaired) electrons. The number of methoxy groups -OCH3 is 1. The Morgan fingerprint density at radius 2 is 1.75 bits per heavy atom. The van der Waals surface area contributed by atoms with Gasteiger partial charge >= 0.3 is 0 Å². The van der Waals surface area contributed by atoms with Crippen LogP contribution < -0.4 is 4.74 Å². The number of fused-ring (bicyclic) bond motifs is 1. The van der Waals surface area contributed by atoms with E-state index in [1.54, 1.807) is 7.11 Å². The standard InChI is InChI=1S/C18H20O2/c1-11-8-15(9-12(2)18(11)20-3)13-4-6-16-14(10-13)5-7-17(16)19/h4,6,8-10,17,19H,5,7H2,1-3H3/t17-/m1/s1. The second-order valence-corrected chi connectivity index (χ2v) is 5.61. The zero-order valence-corrected chi connectivity index (χ0v) is 12.2. The molecule has 3 rings (SSSR count). The largest absolute Gasteiger partial charge is 0.496 e. The maximum atomic E-state index is 9.88. The average Bonchev–Trinajstić information content (AvgIpc) is 2.79. The van der Waals surface area contributed by atoms with Crippen LogP contribution >= 0.6 is 0 Å². The van der Waals surface area contributed by atoms with E-state index in [0.717, 1.165) is 35.3 Å². The van der Waals surface area contributed by atoms with Crippen molar-refractivity contribution in [1.82, 2.24) is 0 Å². The lowest BCUT2D eigenvalue weighted by molar-refractivity contribution is 0.180. The molecule has 0 aromatic heterocycles. The highest BCUT2D eigenvalue weighted by Gasteiger charge is 2.20. The molecule has 1 atom stereocenters. The van der Waals surface area contributed by atoms with Crippen molar-refractivity contribution in [3.63, 3.8) is 0 Å². The van der Waals surface area contributed by atoms with Gasteiger partial charge in [0.15, 0.2) is 0 Å². The number of aliphatic hydroxyl groups excluding tert-OH is 1. The van der Waals surface area contributed by atoms with Gasteiger partial charge in [0.05, 0.1) is 13.2 Å². The van der Waals surface area contributed by atoms with Gasteiger partial charge in [-0.05, 0) is 72.2 Å². The van der Waals surface area contributed by atoms with Gasteiger partial charge in [-0.15, -0.1) is 0 Å². The highest BCUT2D eigenvalue weighted by atomic mass is 16.5. The third-order valence-corrected chi connectivity index (χ3v) is 4.19. The molecule has 0 fully saturated rings. The molecule has 1 N–H and O–H groups in total. The number of hydrogen-bond donors (Lipinski definition) is 1. The van der Waals surface area contributed by atoms with Crippen molar-refractivity contribution in [2.75, 3.05) is 7.11 Å². The monoisotopic (exact) mass is 268 g/mol. The molecule has 104 valence electrons. The van der Waals surface area contributed by atoms with Crippen LogP contribution in [0.4, 0.5) is 0 Å². The van der Waals surface area contributed by atoms with Crippen LogP contribution in [0.5, 0.6) is 5.75 Å². The molecule has 1 aliphatic rings. The zero-order chi connectivity index (χ0) is 14.3. The molecule has 1 aliphatic carbocycles. The lowest BCUT2D eigenvalue weighted by atomic mass is 9.97. The smallest absolute Gasteiger partial charge is 0.124 e. The molecule has 0 saturated carbocycles. The summed E-state index contributed by atoms with van der Waals surface area (Å²) in [5.74, 6) is 0.963. The second-order valence-electron chi connectivity index (χ2n) is 5.61. The first kappa shape index (κ1) is 13.2. The van der Waals surface area contributed by atoms with Crippen molar-refractivity contribution in [2.45, 2.75) is 32.8 Å². The molecule has 0 heterocycles. The van der Waals surface area contributed by atoms with Gasteiger partial charge in [0.2, 0.25) is 0 Å². The van der Waals surface area contributed by atoms with Gasteiger partial charge in [-0.3, -0.25) is 0 Å². The summed E-state index contributed by atoms with van der Waals surface area (Å²) in [6.45, 7) is 4.15. The van der Waals surface area contributed by atoms with Crippen LogP contribution in [0.1, 0.15) is 34.8 Å². The highest BCUT2D eigenvalue weighted by molar-refractivity contribution is 5.69. The van der Waals surface area contributed by atoms with E-state index in [9.17, 15) is 5.11 Å². The van der Waals surface area contributed by atoms with E-state index >= 15 is 0 Å². The predicted molar refractivity (Wildman–Crippen MR) is 81.2 cm³/mol. The predicted octanol–water partition coefficient (Wildman–Crippen LogP) is 3.96. The fourth-order valence-electron chi connectivity index (χ4n) is 3.21. The van der Waals surface area contributed by atoms with Crippen molar-refractivity contribution in [2.24, 2.45) is 0 Å². The molecule has 0 unspecified atom stereocenters. The van der Waals surface area contributed by atoms with Crippen LogP contribution in [0, 0.1) is 13.8 Å². The SMILES string of the molecule is COc1c(C)cc(-c2ccc3c(c2)CC[C@H]3O)cc1C. The van der Waals surface area contributed by atoms with Gasteiger partial charge in [0.25, 0.3) is 0 Å². The van der Waals surface area contributed by atoms with Crippen LogP contribution in [-0.2, 0) is 6.42 Å². The first-order valence-electron chi connectivity index (χ1n) is 7.06. The number of aliphatic hydroxyl groups is 1. The number of benzene rings is 2. The first-order valence-corrected chi connectivity index (χ1v) is 7.06. The van der Waals surface area contributed by atoms with E-state index in [1.807, 2.05) is 0 Å². The van der Waals surface area contributed by atoms with Crippen LogP contribution in [-0.4, -0.2) is 12.2 Å². The van der Waals surface area contributed by atoms with E-state index < -0.39 is 0 Å². The molecule has 0 saturated heterocycles. The molecule has 2 aromatic carbocycles. The summed E-state index contributed by atoms with van der Waals surface area (Å²) in [5.41, 5.74) is 7.11. The molecule has 0 spiro atoms. The van der Waals surface area contributed by atoms with E-state index in [-0.39, 0.29) is 6.10 Å². The fourth-order valence-corrected chi connectivity index (χ4v) is 3.21. The summed E-state index contributed by atoms with van der Waals surface area (Å²) in [6.07, 6.45) is 1.54. The number of hydrogen-bond acceptors (Lipinski definition) is 2. The highest BCUT2D eigenvalue weighted by Crippen LogP contribution is 2.35. The van der Waals surface area contributed by atoms with E-state index in [4.69, 9.17) is 4.74 Å². The average molecular weight is 268 g/mol. The Bertz CT molecular complexity index is 635. The van der Waals surface area contributed by atoms with Gasteiger partial charge in [-0.25, -0.2) is 0 Å². The molecule has 2 heteroatoms. The van der Waals surface area contributed by atoms with Crippen LogP contribution in [0.15, 0.2) is 30.3 Å². The minimum absolute atomic E-state index is 0.279. The lowest BCUT2D eigenvalue weighted by Crippen LogP contribution is -1.93. The topological polar surface area (TPSA) is 29.5 Å². The molecular formula is C18H20O2. The van der Waals surface area contributed by atoms with Gasteiger partial charge < -0.3 is 9.84 Å². The number of rotatable bonds is 2. The van der Waals surface area contributed by atoms with Crippen LogP contribution in [0.3, 0.4) is 0 Å². The third-order valence-electron chi connectivity index (χ3n) is 4.19. The van der Waals surface area contributed by atoms with Gasteiger partial charge in [0.1, 0.15) is 5.75 Å². The number of ether oxygens (including phenoxy) is 1. The van der Waals surface area contributed by atoms with Gasteiger partial charge in [-0.2, -0.15) is 0 Å². The quantitative estimate of drug-likeness (QED) is 0.893. The summed E-state index contributed by atoms with van der Waals surface area (Å²) in [4.78, 5) is 0. The minimum atomic E-state index is -0.279. The summed E-state index contributed by atoms with van der Waals surface area (Å²) < 4.78 is 5.42. The Labute approximate surface area is 120 Å². The van der Waals surface area contributed by atoms with Crippen LogP contribution in [0.2, 0.25) is 0 Å². The summed E-state index contributed by atoms with van der Waals surface area (Å²) in [5, 5.41) is 9.88. The Morgan fingerprint density at radius 3 is 2.40 bits per heavy atom. The Kier molecular flexibility index (Phi) is 3.27. The summed E-state index contributed by atoms with van der Waals surface area (Å²) >= 11 is 0. The Hall–Kier alpha value is -1.80. The molecule has 0 bridgehead atoms. The Morgan fingerprint density at radius 1 is 1.05 bits per heavy atom. The minimum Gasteiger partial charge on any atom is -0.496 e. The lowest BCUT2D eigenvalue weighted by Gasteiger charge is -2.12. The molecular weight excluding hydrogens is 248 g/mol. The van der Waals surface area contributed by atoms with Gasteiger partial charge in [0, 0.05) is 0 Å². The zero-order valence-electron chi connectivity index (χ0n) is 12.2.